The first kappa shape index (κ1) is 22.0. The average Bonchev–Trinajstić information content (AvgIpc) is 3.13. The Morgan fingerprint density at radius 1 is 0.968 bits per heavy atom. The molecule has 7 nitrogen and oxygen atoms in total. The van der Waals surface area contributed by atoms with Crippen molar-refractivity contribution in [2.75, 3.05) is 19.5 Å². The van der Waals surface area contributed by atoms with E-state index in [0.29, 0.717) is 28.3 Å². The van der Waals surface area contributed by atoms with Gasteiger partial charge in [-0.05, 0) is 36.2 Å². The second-order valence-corrected chi connectivity index (χ2v) is 7.63. The monoisotopic (exact) mass is 438 g/mol. The molecule has 3 rings (SSSR count). The maximum absolute atomic E-state index is 12.8. The Balaban J connectivity index is 1.86. The zero-order valence-corrected chi connectivity index (χ0v) is 18.2. The highest BCUT2D eigenvalue weighted by atomic mass is 32.1. The summed E-state index contributed by atoms with van der Waals surface area (Å²) < 4.78 is 10.0. The molecule has 0 saturated heterocycles. The molecule has 2 aromatic carbocycles. The Labute approximate surface area is 184 Å². The summed E-state index contributed by atoms with van der Waals surface area (Å²) in [6, 6.07) is 16.1. The van der Waals surface area contributed by atoms with Crippen LogP contribution >= 0.6 is 11.3 Å². The van der Waals surface area contributed by atoms with Crippen LogP contribution in [0.2, 0.25) is 0 Å². The number of thiophene rings is 1. The number of ether oxygens (including phenoxy) is 2. The standard InChI is InChI=1S/C23H22N2O5S/c1-14-18(23(28)30-3)22(25-20(26)16-10-7-11-17(12-16)29-2)31-19(14)21(27)24-13-15-8-5-4-6-9-15/h4-12H,13H2,1-3H3,(H,24,27)(H,25,26). The van der Waals surface area contributed by atoms with Gasteiger partial charge in [0.15, 0.2) is 0 Å². The Kier molecular flexibility index (Phi) is 7.04. The van der Waals surface area contributed by atoms with E-state index in [2.05, 4.69) is 10.6 Å². The zero-order chi connectivity index (χ0) is 22.4. The van der Waals surface area contributed by atoms with E-state index < -0.39 is 11.9 Å². The third kappa shape index (κ3) is 5.10. The molecule has 0 saturated carbocycles. The first-order chi connectivity index (χ1) is 14.9. The molecule has 3 aromatic rings. The van der Waals surface area contributed by atoms with Crippen molar-refractivity contribution < 1.29 is 23.9 Å². The Hall–Kier alpha value is -3.65. The molecule has 0 radical (unpaired) electrons. The fourth-order valence-electron chi connectivity index (χ4n) is 2.96. The molecular formula is C23H22N2O5S. The van der Waals surface area contributed by atoms with Gasteiger partial charge in [-0.3, -0.25) is 9.59 Å². The van der Waals surface area contributed by atoms with Gasteiger partial charge >= 0.3 is 5.97 Å². The van der Waals surface area contributed by atoms with Gasteiger partial charge in [-0.15, -0.1) is 11.3 Å². The molecule has 0 bridgehead atoms. The SMILES string of the molecule is COC(=O)c1c(NC(=O)c2cccc(OC)c2)sc(C(=O)NCc2ccccc2)c1C. The number of esters is 1. The van der Waals surface area contributed by atoms with E-state index in [1.807, 2.05) is 30.3 Å². The van der Waals surface area contributed by atoms with Crippen molar-refractivity contribution >= 4 is 34.1 Å². The minimum absolute atomic E-state index is 0.161. The number of hydrogen-bond acceptors (Lipinski definition) is 6. The third-order valence-corrected chi connectivity index (χ3v) is 5.80. The molecule has 0 aliphatic carbocycles. The molecule has 1 aromatic heterocycles. The van der Waals surface area contributed by atoms with Crippen LogP contribution < -0.4 is 15.4 Å². The van der Waals surface area contributed by atoms with Crippen LogP contribution in [0.5, 0.6) is 5.75 Å². The molecule has 8 heteroatoms. The fraction of sp³-hybridized carbons (Fsp3) is 0.174. The predicted octanol–water partition coefficient (Wildman–Crippen LogP) is 4.03. The predicted molar refractivity (Wildman–Crippen MR) is 119 cm³/mol. The van der Waals surface area contributed by atoms with Gasteiger partial charge in [0, 0.05) is 12.1 Å². The van der Waals surface area contributed by atoms with Crippen molar-refractivity contribution in [2.24, 2.45) is 0 Å². The summed E-state index contributed by atoms with van der Waals surface area (Å²) >= 11 is 1.03. The van der Waals surface area contributed by atoms with Gasteiger partial charge in [0.1, 0.15) is 10.8 Å². The topological polar surface area (TPSA) is 93.7 Å². The van der Waals surface area contributed by atoms with Crippen LogP contribution in [0.25, 0.3) is 0 Å². The van der Waals surface area contributed by atoms with Crippen LogP contribution in [-0.4, -0.2) is 32.0 Å². The minimum atomic E-state index is -0.628. The maximum Gasteiger partial charge on any atom is 0.341 e. The quantitative estimate of drug-likeness (QED) is 0.543. The largest absolute Gasteiger partial charge is 0.497 e. The number of hydrogen-bond donors (Lipinski definition) is 2. The molecule has 31 heavy (non-hydrogen) atoms. The highest BCUT2D eigenvalue weighted by molar-refractivity contribution is 7.18. The Morgan fingerprint density at radius 2 is 1.71 bits per heavy atom. The molecule has 0 unspecified atom stereocenters. The van der Waals surface area contributed by atoms with Gasteiger partial charge in [0.2, 0.25) is 0 Å². The summed E-state index contributed by atoms with van der Waals surface area (Å²) in [6.07, 6.45) is 0. The van der Waals surface area contributed by atoms with E-state index in [9.17, 15) is 14.4 Å². The highest BCUT2D eigenvalue weighted by Gasteiger charge is 2.26. The van der Waals surface area contributed by atoms with Gasteiger partial charge in [-0.1, -0.05) is 36.4 Å². The lowest BCUT2D eigenvalue weighted by atomic mass is 10.1. The number of carbonyl (C=O) groups excluding carboxylic acids is 3. The number of carbonyl (C=O) groups is 3. The van der Waals surface area contributed by atoms with E-state index >= 15 is 0 Å². The zero-order valence-electron chi connectivity index (χ0n) is 17.4. The highest BCUT2D eigenvalue weighted by Crippen LogP contribution is 2.34. The smallest absolute Gasteiger partial charge is 0.341 e. The lowest BCUT2D eigenvalue weighted by Gasteiger charge is -2.07. The minimum Gasteiger partial charge on any atom is -0.497 e. The van der Waals surface area contributed by atoms with Crippen molar-refractivity contribution in [2.45, 2.75) is 13.5 Å². The van der Waals surface area contributed by atoms with Gasteiger partial charge < -0.3 is 20.1 Å². The summed E-state index contributed by atoms with van der Waals surface area (Å²) in [5.74, 6) is -0.860. The number of rotatable bonds is 7. The summed E-state index contributed by atoms with van der Waals surface area (Å²) in [5.41, 5.74) is 1.91. The molecular weight excluding hydrogens is 416 g/mol. The number of benzene rings is 2. The normalized spacial score (nSPS) is 10.3. The van der Waals surface area contributed by atoms with Crippen LogP contribution in [0, 0.1) is 6.92 Å². The molecule has 0 fully saturated rings. The van der Waals surface area contributed by atoms with E-state index in [1.165, 1.54) is 14.2 Å². The fourth-order valence-corrected chi connectivity index (χ4v) is 4.07. The molecule has 0 aliphatic heterocycles. The van der Waals surface area contributed by atoms with Crippen LogP contribution in [0.15, 0.2) is 54.6 Å². The van der Waals surface area contributed by atoms with E-state index in [4.69, 9.17) is 9.47 Å². The average molecular weight is 439 g/mol. The van der Waals surface area contributed by atoms with Crippen molar-refractivity contribution in [1.82, 2.24) is 5.32 Å². The van der Waals surface area contributed by atoms with Gasteiger partial charge in [0.25, 0.3) is 11.8 Å². The number of nitrogens with one attached hydrogen (secondary N) is 2. The van der Waals surface area contributed by atoms with Crippen molar-refractivity contribution in [1.29, 1.82) is 0 Å². The first-order valence-electron chi connectivity index (χ1n) is 9.43. The van der Waals surface area contributed by atoms with Crippen LogP contribution in [0.1, 0.15) is 41.5 Å². The van der Waals surface area contributed by atoms with Crippen molar-refractivity contribution in [3.8, 4) is 5.75 Å². The molecule has 2 N–H and O–H groups in total. The first-order valence-corrected chi connectivity index (χ1v) is 10.3. The number of amides is 2. The Bertz CT molecular complexity index is 1110. The second-order valence-electron chi connectivity index (χ2n) is 6.61. The second kappa shape index (κ2) is 9.90. The summed E-state index contributed by atoms with van der Waals surface area (Å²) in [7, 11) is 2.76. The molecule has 0 spiro atoms. The summed E-state index contributed by atoms with van der Waals surface area (Å²) in [4.78, 5) is 38.2. The molecule has 2 amide bonds. The van der Waals surface area contributed by atoms with E-state index in [-0.39, 0.29) is 16.5 Å². The molecule has 0 aliphatic rings. The van der Waals surface area contributed by atoms with Crippen molar-refractivity contribution in [3.63, 3.8) is 0 Å². The van der Waals surface area contributed by atoms with Crippen LogP contribution in [-0.2, 0) is 11.3 Å². The van der Waals surface area contributed by atoms with E-state index in [0.717, 1.165) is 16.9 Å². The number of methoxy groups -OCH3 is 2. The molecule has 0 atom stereocenters. The third-order valence-electron chi connectivity index (χ3n) is 4.60. The van der Waals surface area contributed by atoms with Gasteiger partial charge in [-0.2, -0.15) is 0 Å². The molecule has 160 valence electrons. The maximum atomic E-state index is 12.8. The lowest BCUT2D eigenvalue weighted by molar-refractivity contribution is 0.0601. The number of anilines is 1. The lowest BCUT2D eigenvalue weighted by Crippen LogP contribution is -2.22. The molecule has 1 heterocycles. The Morgan fingerprint density at radius 3 is 2.39 bits per heavy atom. The van der Waals surface area contributed by atoms with Gasteiger partial charge in [-0.25, -0.2) is 4.79 Å². The summed E-state index contributed by atoms with van der Waals surface area (Å²) in [6.45, 7) is 2.00. The van der Waals surface area contributed by atoms with Crippen LogP contribution in [0.3, 0.4) is 0 Å². The van der Waals surface area contributed by atoms with Crippen LogP contribution in [0.4, 0.5) is 5.00 Å². The van der Waals surface area contributed by atoms with E-state index in [1.54, 1.807) is 31.2 Å². The summed E-state index contributed by atoms with van der Waals surface area (Å²) in [5, 5.41) is 5.82. The van der Waals surface area contributed by atoms with Gasteiger partial charge in [0.05, 0.1) is 24.7 Å². The van der Waals surface area contributed by atoms with Crippen molar-refractivity contribution in [3.05, 3.63) is 81.7 Å².